The van der Waals surface area contributed by atoms with Crippen molar-refractivity contribution in [3.8, 4) is 0 Å². The Bertz CT molecular complexity index is 233. The topological polar surface area (TPSA) is 59.6 Å². The summed E-state index contributed by atoms with van der Waals surface area (Å²) in [6.07, 6.45) is 1.99. The SMILES string of the molecule is COCCNC(=O)NCC1(OC)CCSCC1. The van der Waals surface area contributed by atoms with Crippen LogP contribution in [0.15, 0.2) is 0 Å². The van der Waals surface area contributed by atoms with Gasteiger partial charge in [0.25, 0.3) is 0 Å². The molecule has 0 aliphatic carbocycles. The summed E-state index contributed by atoms with van der Waals surface area (Å²) < 4.78 is 10.4. The van der Waals surface area contributed by atoms with E-state index in [0.29, 0.717) is 19.7 Å². The third-order valence-corrected chi connectivity index (χ3v) is 3.99. The third-order valence-electron chi connectivity index (χ3n) is 3.00. The Morgan fingerprint density at radius 2 is 2.00 bits per heavy atom. The van der Waals surface area contributed by atoms with E-state index < -0.39 is 0 Å². The minimum atomic E-state index is -0.177. The molecular formula is C11H22N2O3S. The van der Waals surface area contributed by atoms with Gasteiger partial charge in [-0.05, 0) is 24.3 Å². The van der Waals surface area contributed by atoms with Crippen molar-refractivity contribution in [1.82, 2.24) is 10.6 Å². The van der Waals surface area contributed by atoms with Crippen LogP contribution in [0.1, 0.15) is 12.8 Å². The average Bonchev–Trinajstić information content (AvgIpc) is 2.38. The first-order valence-corrected chi connectivity index (χ1v) is 7.01. The molecule has 2 amide bonds. The van der Waals surface area contributed by atoms with Crippen LogP contribution in [0, 0.1) is 0 Å². The minimum Gasteiger partial charge on any atom is -0.383 e. The summed E-state index contributed by atoms with van der Waals surface area (Å²) in [4.78, 5) is 11.5. The average molecular weight is 262 g/mol. The van der Waals surface area contributed by atoms with Crippen LogP contribution in [0.5, 0.6) is 0 Å². The second kappa shape index (κ2) is 7.79. The van der Waals surface area contributed by atoms with Crippen LogP contribution in [-0.4, -0.2) is 57.1 Å². The zero-order valence-electron chi connectivity index (χ0n) is 10.6. The van der Waals surface area contributed by atoms with E-state index in [9.17, 15) is 4.79 Å². The molecule has 0 aromatic rings. The summed E-state index contributed by atoms with van der Waals surface area (Å²) in [5.74, 6) is 2.20. The van der Waals surface area contributed by atoms with Crippen LogP contribution in [0.4, 0.5) is 4.79 Å². The normalized spacial score (nSPS) is 18.7. The molecule has 1 rings (SSSR count). The first-order valence-electron chi connectivity index (χ1n) is 5.86. The molecule has 17 heavy (non-hydrogen) atoms. The standard InChI is InChI=1S/C11H22N2O3S/c1-15-6-5-12-10(14)13-9-11(16-2)3-7-17-8-4-11/h3-9H2,1-2H3,(H2,12,13,14). The minimum absolute atomic E-state index is 0.156. The second-order valence-electron chi connectivity index (χ2n) is 4.10. The molecule has 1 aliphatic rings. The van der Waals surface area contributed by atoms with Gasteiger partial charge < -0.3 is 20.1 Å². The largest absolute Gasteiger partial charge is 0.383 e. The number of thioether (sulfide) groups is 1. The van der Waals surface area contributed by atoms with Gasteiger partial charge in [-0.2, -0.15) is 11.8 Å². The number of urea groups is 1. The van der Waals surface area contributed by atoms with Gasteiger partial charge in [0, 0.05) is 27.3 Å². The van der Waals surface area contributed by atoms with Crippen molar-refractivity contribution >= 4 is 17.8 Å². The summed E-state index contributed by atoms with van der Waals surface area (Å²) in [6, 6.07) is -0.156. The molecule has 2 N–H and O–H groups in total. The highest BCUT2D eigenvalue weighted by atomic mass is 32.2. The monoisotopic (exact) mass is 262 g/mol. The quantitative estimate of drug-likeness (QED) is 0.697. The van der Waals surface area contributed by atoms with Gasteiger partial charge >= 0.3 is 6.03 Å². The van der Waals surface area contributed by atoms with Crippen molar-refractivity contribution in [2.45, 2.75) is 18.4 Å². The van der Waals surface area contributed by atoms with Gasteiger partial charge in [-0.3, -0.25) is 0 Å². The maximum Gasteiger partial charge on any atom is 0.314 e. The Labute approximate surface area is 107 Å². The number of amides is 2. The van der Waals surface area contributed by atoms with Gasteiger partial charge in [-0.25, -0.2) is 4.79 Å². The maximum atomic E-state index is 11.5. The smallest absolute Gasteiger partial charge is 0.314 e. The zero-order chi connectivity index (χ0) is 12.6. The fourth-order valence-electron chi connectivity index (χ4n) is 1.77. The van der Waals surface area contributed by atoms with Crippen molar-refractivity contribution in [2.24, 2.45) is 0 Å². The summed E-state index contributed by atoms with van der Waals surface area (Å²) in [5.41, 5.74) is -0.177. The van der Waals surface area contributed by atoms with Crippen molar-refractivity contribution < 1.29 is 14.3 Å². The Hall–Kier alpha value is -0.460. The highest BCUT2D eigenvalue weighted by Crippen LogP contribution is 2.29. The maximum absolute atomic E-state index is 11.5. The Morgan fingerprint density at radius 3 is 2.59 bits per heavy atom. The number of ether oxygens (including phenoxy) is 2. The number of hydrogen-bond acceptors (Lipinski definition) is 4. The van der Waals surface area contributed by atoms with E-state index in [1.54, 1.807) is 14.2 Å². The first kappa shape index (κ1) is 14.6. The Kier molecular flexibility index (Phi) is 6.69. The summed E-state index contributed by atoms with van der Waals surface area (Å²) in [6.45, 7) is 1.63. The van der Waals surface area contributed by atoms with Gasteiger partial charge in [0.05, 0.1) is 12.2 Å². The molecule has 100 valence electrons. The molecule has 1 fully saturated rings. The van der Waals surface area contributed by atoms with E-state index in [4.69, 9.17) is 9.47 Å². The number of carbonyl (C=O) groups excluding carboxylic acids is 1. The van der Waals surface area contributed by atoms with Gasteiger partial charge in [0.2, 0.25) is 0 Å². The predicted octanol–water partition coefficient (Wildman–Crippen LogP) is 0.844. The third kappa shape index (κ3) is 5.14. The van der Waals surface area contributed by atoms with E-state index in [1.807, 2.05) is 11.8 Å². The lowest BCUT2D eigenvalue weighted by molar-refractivity contribution is -0.0137. The van der Waals surface area contributed by atoms with Crippen molar-refractivity contribution in [3.05, 3.63) is 0 Å². The van der Waals surface area contributed by atoms with E-state index in [2.05, 4.69) is 10.6 Å². The number of nitrogens with one attached hydrogen (secondary N) is 2. The van der Waals surface area contributed by atoms with Crippen molar-refractivity contribution in [3.63, 3.8) is 0 Å². The number of carbonyl (C=O) groups is 1. The summed E-state index contributed by atoms with van der Waals surface area (Å²) in [7, 11) is 3.33. The molecule has 1 heterocycles. The highest BCUT2D eigenvalue weighted by molar-refractivity contribution is 7.99. The molecule has 1 aliphatic heterocycles. The first-order chi connectivity index (χ1) is 8.22. The molecule has 6 heteroatoms. The lowest BCUT2D eigenvalue weighted by atomic mass is 9.96. The van der Waals surface area contributed by atoms with Gasteiger partial charge in [0.15, 0.2) is 0 Å². The van der Waals surface area contributed by atoms with Gasteiger partial charge in [0.1, 0.15) is 0 Å². The van der Waals surface area contributed by atoms with Crippen LogP contribution in [0.2, 0.25) is 0 Å². The Morgan fingerprint density at radius 1 is 1.29 bits per heavy atom. The molecule has 0 aromatic carbocycles. The van der Waals surface area contributed by atoms with E-state index >= 15 is 0 Å². The molecule has 5 nitrogen and oxygen atoms in total. The fraction of sp³-hybridized carbons (Fsp3) is 0.909. The van der Waals surface area contributed by atoms with Crippen LogP contribution in [-0.2, 0) is 9.47 Å². The molecule has 0 radical (unpaired) electrons. The van der Waals surface area contributed by atoms with Crippen LogP contribution in [0.3, 0.4) is 0 Å². The highest BCUT2D eigenvalue weighted by Gasteiger charge is 2.32. The second-order valence-corrected chi connectivity index (χ2v) is 5.33. The molecule has 0 spiro atoms. The number of methoxy groups -OCH3 is 2. The number of hydrogen-bond donors (Lipinski definition) is 2. The zero-order valence-corrected chi connectivity index (χ0v) is 11.4. The molecule has 0 saturated carbocycles. The van der Waals surface area contributed by atoms with E-state index in [1.165, 1.54) is 0 Å². The fourth-order valence-corrected chi connectivity index (χ4v) is 3.00. The lowest BCUT2D eigenvalue weighted by Gasteiger charge is -2.35. The molecule has 0 bridgehead atoms. The van der Waals surface area contributed by atoms with Crippen LogP contribution < -0.4 is 10.6 Å². The van der Waals surface area contributed by atoms with E-state index in [-0.39, 0.29) is 11.6 Å². The van der Waals surface area contributed by atoms with Gasteiger partial charge in [-0.15, -0.1) is 0 Å². The summed E-state index contributed by atoms with van der Waals surface area (Å²) in [5, 5.41) is 5.59. The number of rotatable bonds is 6. The summed E-state index contributed by atoms with van der Waals surface area (Å²) >= 11 is 1.94. The van der Waals surface area contributed by atoms with E-state index in [0.717, 1.165) is 24.3 Å². The predicted molar refractivity (Wildman–Crippen MR) is 69.6 cm³/mol. The molecule has 0 aromatic heterocycles. The Balaban J connectivity index is 2.24. The molecule has 1 saturated heterocycles. The molecular weight excluding hydrogens is 240 g/mol. The van der Waals surface area contributed by atoms with Crippen molar-refractivity contribution in [2.75, 3.05) is 45.4 Å². The van der Waals surface area contributed by atoms with Gasteiger partial charge in [-0.1, -0.05) is 0 Å². The van der Waals surface area contributed by atoms with Crippen molar-refractivity contribution in [1.29, 1.82) is 0 Å². The lowest BCUT2D eigenvalue weighted by Crippen LogP contribution is -2.49. The molecule has 0 atom stereocenters. The van der Waals surface area contributed by atoms with Crippen LogP contribution in [0.25, 0.3) is 0 Å². The van der Waals surface area contributed by atoms with Crippen LogP contribution >= 0.6 is 11.8 Å². The molecule has 0 unspecified atom stereocenters.